The molecule has 3 heterocycles. The number of alkyl halides is 3. The van der Waals surface area contributed by atoms with Crippen LogP contribution in [0, 0.1) is 17.2 Å². The van der Waals surface area contributed by atoms with Crippen molar-refractivity contribution < 1.29 is 35.4 Å². The van der Waals surface area contributed by atoms with Crippen LogP contribution in [0.5, 0.6) is 0 Å². The molecule has 0 bridgehead atoms. The summed E-state index contributed by atoms with van der Waals surface area (Å²) in [6.07, 6.45) is 2.01. The summed E-state index contributed by atoms with van der Waals surface area (Å²) >= 11 is 0. The van der Waals surface area contributed by atoms with E-state index in [9.17, 15) is 22.8 Å². The van der Waals surface area contributed by atoms with Crippen LogP contribution in [0.3, 0.4) is 0 Å². The number of amides is 1. The topological polar surface area (TPSA) is 153 Å². The number of rotatable bonds is 11. The monoisotopic (exact) mass is 650 g/mol. The molecule has 2 fully saturated rings. The van der Waals surface area contributed by atoms with E-state index in [1.807, 2.05) is 17.0 Å². The maximum Gasteiger partial charge on any atom is 0.451 e. The molecule has 45 heavy (non-hydrogen) atoms. The van der Waals surface area contributed by atoms with Gasteiger partial charge in [-0.05, 0) is 75.0 Å². The second-order valence-corrected chi connectivity index (χ2v) is 11.5. The molecule has 15 heteroatoms. The first kappa shape index (κ1) is 35.4. The summed E-state index contributed by atoms with van der Waals surface area (Å²) in [4.78, 5) is 36.0. The second-order valence-electron chi connectivity index (χ2n) is 11.1. The van der Waals surface area contributed by atoms with Crippen molar-refractivity contribution in [2.75, 3.05) is 36.5 Å². The Labute approximate surface area is 261 Å². The summed E-state index contributed by atoms with van der Waals surface area (Å²) in [5.74, 6) is -0.355. The van der Waals surface area contributed by atoms with Gasteiger partial charge in [-0.15, -0.1) is 12.6 Å². The van der Waals surface area contributed by atoms with Crippen molar-refractivity contribution >= 4 is 33.9 Å². The number of nitrogens with one attached hydrogen (secondary N) is 1. The van der Waals surface area contributed by atoms with Crippen LogP contribution in [0.15, 0.2) is 30.3 Å². The number of benzene rings is 1. The SMILES string of the molecule is CNC(=O)CCCC1CCN(c2cc(N3CCC[C@H]3C(=O)CCCc3ccc(C#N)cc3)nc(C(F)(F)F)n2)CC1.O=S(=O)=O. The third-order valence-electron chi connectivity index (χ3n) is 8.08. The van der Waals surface area contributed by atoms with Crippen LogP contribution in [0.4, 0.5) is 24.8 Å². The summed E-state index contributed by atoms with van der Waals surface area (Å²) in [6, 6.07) is 10.4. The van der Waals surface area contributed by atoms with Crippen LogP contribution < -0.4 is 15.1 Å². The minimum absolute atomic E-state index is 0.00225. The number of anilines is 2. The van der Waals surface area contributed by atoms with Gasteiger partial charge in [0.05, 0.1) is 17.7 Å². The van der Waals surface area contributed by atoms with E-state index in [4.69, 9.17) is 17.9 Å². The summed E-state index contributed by atoms with van der Waals surface area (Å²) in [5, 5.41) is 11.6. The highest BCUT2D eigenvalue weighted by atomic mass is 32.2. The molecule has 0 radical (unpaired) electrons. The van der Waals surface area contributed by atoms with Crippen LogP contribution in [0.2, 0.25) is 0 Å². The molecular weight excluding hydrogens is 613 g/mol. The molecule has 0 aliphatic carbocycles. The molecule has 2 saturated heterocycles. The molecule has 0 saturated carbocycles. The van der Waals surface area contributed by atoms with Crippen LogP contribution in [0.1, 0.15) is 74.7 Å². The number of aryl methyl sites for hydroxylation is 1. The number of carbonyl (C=O) groups excluding carboxylic acids is 2. The Morgan fingerprint density at radius 2 is 1.64 bits per heavy atom. The molecule has 244 valence electrons. The van der Waals surface area contributed by atoms with E-state index < -0.39 is 28.7 Å². The normalized spacial score (nSPS) is 16.8. The van der Waals surface area contributed by atoms with Crippen molar-refractivity contribution in [3.8, 4) is 6.07 Å². The number of hydrogen-bond donors (Lipinski definition) is 1. The van der Waals surface area contributed by atoms with E-state index in [0.29, 0.717) is 69.6 Å². The number of nitrogens with zero attached hydrogens (tertiary/aromatic N) is 5. The molecule has 11 nitrogen and oxygen atoms in total. The zero-order chi connectivity index (χ0) is 33.0. The predicted molar refractivity (Wildman–Crippen MR) is 159 cm³/mol. The van der Waals surface area contributed by atoms with Gasteiger partial charge < -0.3 is 15.1 Å². The largest absolute Gasteiger partial charge is 0.451 e. The van der Waals surface area contributed by atoms with E-state index in [2.05, 4.69) is 21.4 Å². The number of carbonyl (C=O) groups is 2. The van der Waals surface area contributed by atoms with E-state index in [1.54, 1.807) is 30.1 Å². The van der Waals surface area contributed by atoms with Crippen molar-refractivity contribution in [3.63, 3.8) is 0 Å². The zero-order valence-corrected chi connectivity index (χ0v) is 25.9. The molecule has 1 aromatic carbocycles. The molecule has 1 aromatic heterocycles. The van der Waals surface area contributed by atoms with E-state index >= 15 is 0 Å². The number of ketones is 1. The molecule has 0 unspecified atom stereocenters. The molecule has 0 spiro atoms. The van der Waals surface area contributed by atoms with E-state index in [0.717, 1.165) is 31.2 Å². The average Bonchev–Trinajstić information content (AvgIpc) is 3.51. The average molecular weight is 651 g/mol. The van der Waals surface area contributed by atoms with Gasteiger partial charge in [-0.2, -0.15) is 18.4 Å². The zero-order valence-electron chi connectivity index (χ0n) is 25.1. The Morgan fingerprint density at radius 1 is 1.00 bits per heavy atom. The summed E-state index contributed by atoms with van der Waals surface area (Å²) in [7, 11) is -1.49. The Morgan fingerprint density at radius 3 is 2.24 bits per heavy atom. The van der Waals surface area contributed by atoms with Gasteiger partial charge in [-0.25, -0.2) is 9.97 Å². The van der Waals surface area contributed by atoms with Crippen molar-refractivity contribution in [3.05, 3.63) is 47.3 Å². The van der Waals surface area contributed by atoms with Gasteiger partial charge >= 0.3 is 16.8 Å². The lowest BCUT2D eigenvalue weighted by atomic mass is 9.91. The maximum atomic E-state index is 13.8. The number of piperidine rings is 1. The highest BCUT2D eigenvalue weighted by molar-refractivity contribution is 7.59. The quantitative estimate of drug-likeness (QED) is 0.377. The van der Waals surface area contributed by atoms with Gasteiger partial charge in [-0.3, -0.25) is 9.59 Å². The first-order valence-corrected chi connectivity index (χ1v) is 15.9. The van der Waals surface area contributed by atoms with E-state index in [-0.39, 0.29) is 23.3 Å². The third kappa shape index (κ3) is 11.1. The van der Waals surface area contributed by atoms with Crippen molar-refractivity contribution in [2.45, 2.75) is 76.4 Å². The van der Waals surface area contributed by atoms with Gasteiger partial charge in [0.25, 0.3) is 0 Å². The predicted octanol–water partition coefficient (Wildman–Crippen LogP) is 4.06. The minimum atomic E-state index is -4.71. The molecule has 1 atom stereocenters. The minimum Gasteiger partial charge on any atom is -0.359 e. The highest BCUT2D eigenvalue weighted by Crippen LogP contribution is 2.34. The Hall–Kier alpha value is -4.06. The van der Waals surface area contributed by atoms with Gasteiger partial charge in [0, 0.05) is 45.6 Å². The fourth-order valence-corrected chi connectivity index (χ4v) is 5.74. The summed E-state index contributed by atoms with van der Waals surface area (Å²) in [6.45, 7) is 1.62. The van der Waals surface area contributed by atoms with Crippen LogP contribution in [-0.4, -0.2) is 67.0 Å². The first-order valence-electron chi connectivity index (χ1n) is 14.9. The summed E-state index contributed by atoms with van der Waals surface area (Å²) < 4.78 is 66.9. The lowest BCUT2D eigenvalue weighted by molar-refractivity contribution is -0.144. The number of Topliss-reactive ketones (excluding diaryl/α,β-unsaturated/α-hetero) is 1. The lowest BCUT2D eigenvalue weighted by Crippen LogP contribution is -2.38. The molecule has 2 aliphatic heterocycles. The maximum absolute atomic E-state index is 13.8. The van der Waals surface area contributed by atoms with Gasteiger partial charge in [0.15, 0.2) is 5.78 Å². The number of halogens is 3. The van der Waals surface area contributed by atoms with Crippen molar-refractivity contribution in [1.29, 1.82) is 5.26 Å². The number of hydrogen-bond acceptors (Lipinski definition) is 10. The van der Waals surface area contributed by atoms with Crippen LogP contribution in [0.25, 0.3) is 0 Å². The Kier molecular flexibility index (Phi) is 13.3. The van der Waals surface area contributed by atoms with Crippen LogP contribution in [-0.2, 0) is 32.8 Å². The third-order valence-corrected chi connectivity index (χ3v) is 8.08. The fourth-order valence-electron chi connectivity index (χ4n) is 5.74. The van der Waals surface area contributed by atoms with Crippen molar-refractivity contribution in [2.24, 2.45) is 5.92 Å². The number of aromatic nitrogens is 2. The van der Waals surface area contributed by atoms with Gasteiger partial charge in [0.2, 0.25) is 11.7 Å². The molecule has 1 amide bonds. The van der Waals surface area contributed by atoms with Crippen LogP contribution >= 0.6 is 0 Å². The number of nitriles is 1. The standard InChI is InChI=1S/C30H37F3N6O2.O3S/c1-35-28(41)9-3-6-22-14-17-38(18-15-22)26-19-27(37-29(36-26)30(31,32)33)39-16-4-7-24(39)25(40)8-2-5-21-10-12-23(20-34)13-11-21;1-4(2)3/h10-13,19,22,24H,2-9,14-18H2,1H3,(H,35,41);/t24-;/m0./s1. The van der Waals surface area contributed by atoms with E-state index in [1.165, 1.54) is 0 Å². The molecule has 2 aromatic rings. The first-order chi connectivity index (χ1) is 21.4. The Bertz CT molecular complexity index is 1450. The molecule has 1 N–H and O–H groups in total. The van der Waals surface area contributed by atoms with Crippen molar-refractivity contribution in [1.82, 2.24) is 15.3 Å². The fraction of sp³-hybridized carbons (Fsp3) is 0.567. The van der Waals surface area contributed by atoms with Gasteiger partial charge in [0.1, 0.15) is 11.6 Å². The molecule has 4 rings (SSSR count). The summed E-state index contributed by atoms with van der Waals surface area (Å²) in [5.41, 5.74) is 1.61. The Balaban J connectivity index is 0.00000130. The second kappa shape index (κ2) is 16.9. The van der Waals surface area contributed by atoms with Gasteiger partial charge in [-0.1, -0.05) is 12.1 Å². The highest BCUT2D eigenvalue weighted by Gasteiger charge is 2.38. The lowest BCUT2D eigenvalue weighted by Gasteiger charge is -2.34. The smallest absolute Gasteiger partial charge is 0.359 e. The molecular formula is C30H37F3N6O5S. The molecule has 2 aliphatic rings.